The topological polar surface area (TPSA) is 160 Å². The summed E-state index contributed by atoms with van der Waals surface area (Å²) in [6.45, 7) is 0. The number of aromatic amines is 2. The number of nitrogens with one attached hydrogen (secondary N) is 2. The molecule has 44 heavy (non-hydrogen) atoms. The Balaban J connectivity index is 1.51. The van der Waals surface area contributed by atoms with Crippen molar-refractivity contribution in [2.75, 3.05) is 0 Å². The van der Waals surface area contributed by atoms with Crippen LogP contribution in [-0.2, 0) is 0 Å². The lowest BCUT2D eigenvalue weighted by atomic mass is 10.1. The maximum Gasteiger partial charge on any atom is 0.166 e. The Morgan fingerprint density at radius 2 is 0.705 bits per heavy atom. The van der Waals surface area contributed by atoms with Crippen molar-refractivity contribution in [3.8, 4) is 45.6 Å². The van der Waals surface area contributed by atoms with Crippen LogP contribution in [0.5, 0.6) is 0 Å². The zero-order chi connectivity index (χ0) is 29.7. The van der Waals surface area contributed by atoms with Crippen LogP contribution in [0.25, 0.3) is 89.7 Å². The lowest BCUT2D eigenvalue weighted by Gasteiger charge is -1.98. The fourth-order valence-electron chi connectivity index (χ4n) is 5.27. The summed E-state index contributed by atoms with van der Waals surface area (Å²) in [6.07, 6.45) is 6.45. The Kier molecular flexibility index (Phi) is 5.42. The van der Waals surface area contributed by atoms with E-state index in [9.17, 15) is 0 Å². The molecule has 0 radical (unpaired) electrons. The second kappa shape index (κ2) is 9.31. The molecule has 0 atom stereocenters. The molecule has 9 heterocycles. The normalized spacial score (nSPS) is 12.1. The third-order valence-electron chi connectivity index (χ3n) is 7.23. The number of halogens is 4. The second-order valence-electron chi connectivity index (χ2n) is 9.82. The molecule has 0 saturated heterocycles. The van der Waals surface area contributed by atoms with Crippen molar-refractivity contribution in [3.63, 3.8) is 0 Å². The Hall–Kier alpha value is -4.88. The van der Waals surface area contributed by atoms with E-state index in [1.165, 1.54) is 0 Å². The van der Waals surface area contributed by atoms with Gasteiger partial charge in [0.25, 0.3) is 0 Å². The van der Waals surface area contributed by atoms with E-state index in [4.69, 9.17) is 76.3 Å². The fourth-order valence-corrected chi connectivity index (χ4v) is 5.90. The van der Waals surface area contributed by atoms with Crippen LogP contribution >= 0.6 is 46.4 Å². The molecule has 7 aromatic heterocycles. The lowest BCUT2D eigenvalue weighted by Crippen LogP contribution is -1.85. The molecule has 16 heteroatoms. The van der Waals surface area contributed by atoms with Gasteiger partial charge in [0, 0.05) is 68.6 Å². The van der Waals surface area contributed by atoms with Crippen LogP contribution < -0.4 is 0 Å². The quantitative estimate of drug-likeness (QED) is 0.162. The molecule has 0 unspecified atom stereocenters. The van der Waals surface area contributed by atoms with Crippen molar-refractivity contribution in [2.24, 2.45) is 0 Å². The standard InChI is InChI=1S/C28H10Cl4N12/c29-17-1-9-13(5-33-17)25-37-21(9)41-26-14-6-34-18(30)2-10(14)23(38-26)43-28-16-8-36-20(32)4-12(16)24(40-28)44-27-15-7-35-19(31)3-11(15)22(39-27)42-25/h1-8H,(H2,37,38,39,40,41,42,43,44). The minimum atomic E-state index is 0.280. The van der Waals surface area contributed by atoms with Crippen molar-refractivity contribution in [3.05, 3.63) is 69.7 Å². The first-order valence-corrected chi connectivity index (χ1v) is 14.3. The van der Waals surface area contributed by atoms with Gasteiger partial charge in [-0.2, -0.15) is 0 Å². The van der Waals surface area contributed by atoms with Gasteiger partial charge in [-0.25, -0.2) is 49.8 Å². The molecule has 0 amide bonds. The average molecular weight is 656 g/mol. The zero-order valence-electron chi connectivity index (χ0n) is 21.6. The number of H-pyrrole nitrogens is 2. The van der Waals surface area contributed by atoms with Crippen LogP contribution in [0.3, 0.4) is 0 Å². The van der Waals surface area contributed by atoms with Crippen molar-refractivity contribution in [2.45, 2.75) is 0 Å². The summed E-state index contributed by atoms with van der Waals surface area (Å²) in [4.78, 5) is 52.7. The highest BCUT2D eigenvalue weighted by molar-refractivity contribution is 6.31. The summed E-state index contributed by atoms with van der Waals surface area (Å²) in [7, 11) is 0. The molecule has 0 aliphatic carbocycles. The van der Waals surface area contributed by atoms with Crippen LogP contribution in [0.2, 0.25) is 20.6 Å². The van der Waals surface area contributed by atoms with Crippen LogP contribution in [0.4, 0.5) is 0 Å². The van der Waals surface area contributed by atoms with Gasteiger partial charge in [-0.1, -0.05) is 46.4 Å². The van der Waals surface area contributed by atoms with Gasteiger partial charge in [0.05, 0.1) is 0 Å². The minimum absolute atomic E-state index is 0.280. The maximum atomic E-state index is 6.31. The molecule has 2 aliphatic heterocycles. The van der Waals surface area contributed by atoms with E-state index in [1.807, 2.05) is 0 Å². The zero-order valence-corrected chi connectivity index (χ0v) is 24.6. The van der Waals surface area contributed by atoms with Gasteiger partial charge in [0.2, 0.25) is 0 Å². The molecule has 9 rings (SSSR count). The van der Waals surface area contributed by atoms with Crippen molar-refractivity contribution < 1.29 is 0 Å². The fraction of sp³-hybridized carbons (Fsp3) is 0. The Bertz CT molecular complexity index is 2400. The molecule has 2 aliphatic rings. The molecule has 12 nitrogen and oxygen atoms in total. The van der Waals surface area contributed by atoms with Gasteiger partial charge < -0.3 is 9.97 Å². The van der Waals surface area contributed by atoms with E-state index >= 15 is 0 Å². The molecular formula is C28H10Cl4N12. The summed E-state index contributed by atoms with van der Waals surface area (Å²) in [5, 5.41) is 3.80. The lowest BCUT2D eigenvalue weighted by molar-refractivity contribution is 1.19. The van der Waals surface area contributed by atoms with Crippen molar-refractivity contribution >= 4 is 90.5 Å². The third kappa shape index (κ3) is 3.92. The summed E-state index contributed by atoms with van der Waals surface area (Å²) in [5.41, 5.74) is 4.35. The van der Waals surface area contributed by atoms with E-state index in [0.717, 1.165) is 0 Å². The molecule has 2 N–H and O–H groups in total. The smallest absolute Gasteiger partial charge is 0.166 e. The van der Waals surface area contributed by atoms with E-state index in [1.54, 1.807) is 49.1 Å². The van der Waals surface area contributed by atoms with Crippen LogP contribution in [0, 0.1) is 0 Å². The molecule has 0 fully saturated rings. The third-order valence-corrected chi connectivity index (χ3v) is 8.06. The molecule has 210 valence electrons. The molecule has 0 spiro atoms. The van der Waals surface area contributed by atoms with Crippen LogP contribution in [-0.4, -0.2) is 59.8 Å². The number of fused-ring (bicyclic) bond motifs is 20. The maximum absolute atomic E-state index is 6.31. The summed E-state index contributed by atoms with van der Waals surface area (Å²) < 4.78 is 0. The molecule has 7 aromatic rings. The van der Waals surface area contributed by atoms with E-state index in [2.05, 4.69) is 29.9 Å². The van der Waals surface area contributed by atoms with Gasteiger partial charge in [-0.3, -0.25) is 0 Å². The van der Waals surface area contributed by atoms with E-state index < -0.39 is 0 Å². The summed E-state index contributed by atoms with van der Waals surface area (Å²) >= 11 is 25.2. The van der Waals surface area contributed by atoms with E-state index in [-0.39, 0.29) is 20.6 Å². The first-order valence-electron chi connectivity index (χ1n) is 12.8. The van der Waals surface area contributed by atoms with Gasteiger partial charge in [-0.15, -0.1) is 0 Å². The van der Waals surface area contributed by atoms with Gasteiger partial charge >= 0.3 is 0 Å². The Labute approximate surface area is 264 Å². The van der Waals surface area contributed by atoms with E-state index in [0.29, 0.717) is 89.7 Å². The van der Waals surface area contributed by atoms with Gasteiger partial charge in [-0.05, 0) is 24.3 Å². The summed E-state index contributed by atoms with van der Waals surface area (Å²) in [5.74, 6) is 1.43. The monoisotopic (exact) mass is 654 g/mol. The number of rotatable bonds is 0. The van der Waals surface area contributed by atoms with Crippen molar-refractivity contribution in [1.82, 2.24) is 59.8 Å². The second-order valence-corrected chi connectivity index (χ2v) is 11.4. The highest BCUT2D eigenvalue weighted by Crippen LogP contribution is 2.37. The summed E-state index contributed by atoms with van der Waals surface area (Å²) in [6, 6.07) is 6.78. The van der Waals surface area contributed by atoms with Crippen LogP contribution in [0.1, 0.15) is 0 Å². The number of aromatic nitrogens is 12. The molecule has 0 aromatic carbocycles. The minimum Gasteiger partial charge on any atom is -0.324 e. The predicted octanol–water partition coefficient (Wildman–Crippen LogP) is 7.06. The molecule has 8 bridgehead atoms. The van der Waals surface area contributed by atoms with Gasteiger partial charge in [0.1, 0.15) is 43.2 Å². The molecule has 0 saturated carbocycles. The Morgan fingerprint density at radius 1 is 0.364 bits per heavy atom. The molecular weight excluding hydrogens is 646 g/mol. The highest BCUT2D eigenvalue weighted by atomic mass is 35.5. The SMILES string of the molecule is Clc1cc2c(cn1)-c1nc-2nc2[nH]c(nc3nc(nc4[nH]c(n1)c1cc(Cl)ncc41)-c1cc(Cl)ncc1-3)c1cc(Cl)ncc21. The predicted molar refractivity (Wildman–Crippen MR) is 167 cm³/mol. The van der Waals surface area contributed by atoms with Crippen molar-refractivity contribution in [1.29, 1.82) is 0 Å². The number of nitrogens with zero attached hydrogens (tertiary/aromatic N) is 10. The number of pyridine rings is 4. The van der Waals surface area contributed by atoms with Crippen LogP contribution in [0.15, 0.2) is 49.1 Å². The first kappa shape index (κ1) is 25.6. The van der Waals surface area contributed by atoms with Gasteiger partial charge in [0.15, 0.2) is 23.3 Å². The largest absolute Gasteiger partial charge is 0.324 e. The Morgan fingerprint density at radius 3 is 1.14 bits per heavy atom. The average Bonchev–Trinajstić information content (AvgIpc) is 3.71. The number of hydrogen-bond donors (Lipinski definition) is 2. The number of hydrogen-bond acceptors (Lipinski definition) is 10. The highest BCUT2D eigenvalue weighted by Gasteiger charge is 2.23. The first-order chi connectivity index (χ1) is 21.4.